The summed E-state index contributed by atoms with van der Waals surface area (Å²) in [5.74, 6) is -0.257. The van der Waals surface area contributed by atoms with Crippen LogP contribution in [0.5, 0.6) is 0 Å². The number of esters is 1. The van der Waals surface area contributed by atoms with Crippen molar-refractivity contribution < 1.29 is 22.7 Å². The molecule has 2 rings (SSSR count). The molecule has 1 unspecified atom stereocenters. The quantitative estimate of drug-likeness (QED) is 0.784. The van der Waals surface area contributed by atoms with Gasteiger partial charge in [0.1, 0.15) is 11.9 Å². The Morgan fingerprint density at radius 3 is 2.76 bits per heavy atom. The van der Waals surface area contributed by atoms with Gasteiger partial charge >= 0.3 is 12.1 Å². The van der Waals surface area contributed by atoms with Gasteiger partial charge < -0.3 is 9.64 Å². The number of alkyl halides is 3. The molecule has 0 saturated carbocycles. The fourth-order valence-electron chi connectivity index (χ4n) is 2.36. The van der Waals surface area contributed by atoms with E-state index in [1.807, 2.05) is 0 Å². The van der Waals surface area contributed by atoms with Gasteiger partial charge in [-0.05, 0) is 25.3 Å². The van der Waals surface area contributed by atoms with Crippen molar-refractivity contribution in [2.24, 2.45) is 0 Å². The number of rotatable bonds is 2. The summed E-state index contributed by atoms with van der Waals surface area (Å²) in [6.07, 6.45) is -1.56. The van der Waals surface area contributed by atoms with E-state index in [0.29, 0.717) is 13.0 Å². The highest BCUT2D eigenvalue weighted by Crippen LogP contribution is 2.35. The number of anilines is 1. The van der Waals surface area contributed by atoms with Gasteiger partial charge in [0, 0.05) is 12.7 Å². The molecular weight excluding hydrogens is 309 g/mol. The number of aromatic nitrogens is 1. The number of ether oxygens (including phenoxy) is 1. The van der Waals surface area contributed by atoms with Crippen LogP contribution in [-0.4, -0.2) is 30.6 Å². The van der Waals surface area contributed by atoms with Gasteiger partial charge in [-0.25, -0.2) is 9.78 Å². The predicted molar refractivity (Wildman–Crippen MR) is 71.3 cm³/mol. The summed E-state index contributed by atoms with van der Waals surface area (Å²) in [6, 6.07) is 0.262. The van der Waals surface area contributed by atoms with Crippen LogP contribution in [0.25, 0.3) is 0 Å². The molecule has 1 aliphatic heterocycles. The lowest BCUT2D eigenvalue weighted by Gasteiger charge is -2.35. The van der Waals surface area contributed by atoms with E-state index in [-0.39, 0.29) is 10.8 Å². The molecular formula is C13H14ClF3N2O2. The van der Waals surface area contributed by atoms with E-state index in [9.17, 15) is 18.0 Å². The number of halogens is 4. The second-order valence-electron chi connectivity index (χ2n) is 4.76. The van der Waals surface area contributed by atoms with E-state index in [2.05, 4.69) is 4.98 Å². The van der Waals surface area contributed by atoms with E-state index in [4.69, 9.17) is 16.3 Å². The predicted octanol–water partition coefficient (Wildman–Crippen LogP) is 3.29. The third kappa shape index (κ3) is 3.40. The highest BCUT2D eigenvalue weighted by Gasteiger charge is 2.35. The van der Waals surface area contributed by atoms with Crippen LogP contribution in [0, 0.1) is 0 Å². The summed E-state index contributed by atoms with van der Waals surface area (Å²) < 4.78 is 42.6. The lowest BCUT2D eigenvalue weighted by atomic mass is 10.0. The second-order valence-corrected chi connectivity index (χ2v) is 5.16. The molecule has 116 valence electrons. The Bertz CT molecular complexity index is 537. The van der Waals surface area contributed by atoms with Crippen molar-refractivity contribution in [1.29, 1.82) is 0 Å². The third-order valence-corrected chi connectivity index (χ3v) is 3.68. The maximum Gasteiger partial charge on any atom is 0.417 e. The van der Waals surface area contributed by atoms with Gasteiger partial charge in [0.15, 0.2) is 0 Å². The summed E-state index contributed by atoms with van der Waals surface area (Å²) in [5, 5.41) is -0.124. The van der Waals surface area contributed by atoms with Gasteiger partial charge in [0.25, 0.3) is 0 Å². The lowest BCUT2D eigenvalue weighted by molar-refractivity contribution is -0.143. The number of hydrogen-bond donors (Lipinski definition) is 0. The topological polar surface area (TPSA) is 42.4 Å². The van der Waals surface area contributed by atoms with Crippen molar-refractivity contribution in [1.82, 2.24) is 4.98 Å². The molecule has 8 heteroatoms. The van der Waals surface area contributed by atoms with Crippen molar-refractivity contribution in [3.63, 3.8) is 0 Å². The first-order valence-corrected chi connectivity index (χ1v) is 6.79. The molecule has 0 aromatic carbocycles. The summed E-state index contributed by atoms with van der Waals surface area (Å²) >= 11 is 5.93. The molecule has 0 radical (unpaired) electrons. The average molecular weight is 323 g/mol. The third-order valence-electron chi connectivity index (χ3n) is 3.40. The van der Waals surface area contributed by atoms with Gasteiger partial charge in [-0.15, -0.1) is 0 Å². The molecule has 0 N–H and O–H groups in total. The molecule has 1 aromatic heterocycles. The largest absolute Gasteiger partial charge is 0.467 e. The molecule has 1 aromatic rings. The molecule has 1 atom stereocenters. The zero-order valence-electron chi connectivity index (χ0n) is 11.3. The first-order valence-electron chi connectivity index (χ1n) is 6.42. The fourth-order valence-corrected chi connectivity index (χ4v) is 2.64. The maximum absolute atomic E-state index is 12.6. The zero-order valence-corrected chi connectivity index (χ0v) is 12.0. The summed E-state index contributed by atoms with van der Waals surface area (Å²) in [4.78, 5) is 17.2. The van der Waals surface area contributed by atoms with Crippen LogP contribution >= 0.6 is 11.6 Å². The van der Waals surface area contributed by atoms with E-state index in [1.54, 1.807) is 4.90 Å². The van der Waals surface area contributed by atoms with Crippen LogP contribution in [0.1, 0.15) is 24.8 Å². The Morgan fingerprint density at radius 1 is 1.48 bits per heavy atom. The number of carbonyl (C=O) groups excluding carboxylic acids is 1. The molecule has 1 aliphatic rings. The molecule has 0 bridgehead atoms. The van der Waals surface area contributed by atoms with Crippen molar-refractivity contribution in [2.75, 3.05) is 18.6 Å². The Morgan fingerprint density at radius 2 is 2.19 bits per heavy atom. The normalized spacial score (nSPS) is 19.5. The van der Waals surface area contributed by atoms with Crippen LogP contribution in [0.2, 0.25) is 5.02 Å². The molecule has 1 fully saturated rings. The van der Waals surface area contributed by atoms with Crippen molar-refractivity contribution in [2.45, 2.75) is 31.5 Å². The second kappa shape index (κ2) is 6.09. The lowest BCUT2D eigenvalue weighted by Crippen LogP contribution is -2.46. The Kier molecular flexibility index (Phi) is 4.61. The first-order chi connectivity index (χ1) is 9.84. The Labute approximate surface area is 124 Å². The van der Waals surface area contributed by atoms with Gasteiger partial charge in [0.05, 0.1) is 17.7 Å². The highest BCUT2D eigenvalue weighted by molar-refractivity contribution is 6.33. The van der Waals surface area contributed by atoms with E-state index < -0.39 is 23.8 Å². The van der Waals surface area contributed by atoms with E-state index >= 15 is 0 Å². The van der Waals surface area contributed by atoms with E-state index in [1.165, 1.54) is 7.11 Å². The van der Waals surface area contributed by atoms with Crippen molar-refractivity contribution >= 4 is 23.4 Å². The van der Waals surface area contributed by atoms with Crippen LogP contribution in [0.15, 0.2) is 12.3 Å². The number of nitrogens with zero attached hydrogens (tertiary/aromatic N) is 2. The first kappa shape index (κ1) is 15.9. The average Bonchev–Trinajstić information content (AvgIpc) is 2.45. The molecule has 0 amide bonds. The van der Waals surface area contributed by atoms with Crippen LogP contribution in [0.3, 0.4) is 0 Å². The monoisotopic (exact) mass is 322 g/mol. The van der Waals surface area contributed by atoms with Gasteiger partial charge in [-0.1, -0.05) is 11.6 Å². The minimum absolute atomic E-state index is 0.124. The van der Waals surface area contributed by atoms with Crippen LogP contribution in [-0.2, 0) is 15.7 Å². The highest BCUT2D eigenvalue weighted by atomic mass is 35.5. The van der Waals surface area contributed by atoms with Crippen molar-refractivity contribution in [3.05, 3.63) is 22.8 Å². The minimum Gasteiger partial charge on any atom is -0.467 e. The van der Waals surface area contributed by atoms with Crippen molar-refractivity contribution in [3.8, 4) is 0 Å². The summed E-state index contributed by atoms with van der Waals surface area (Å²) in [7, 11) is 1.27. The maximum atomic E-state index is 12.6. The minimum atomic E-state index is -4.50. The number of carbonyl (C=O) groups is 1. The van der Waals surface area contributed by atoms with E-state index in [0.717, 1.165) is 25.1 Å². The zero-order chi connectivity index (χ0) is 15.6. The number of piperidine rings is 1. The fraction of sp³-hybridized carbons (Fsp3) is 0.538. The Balaban J connectivity index is 2.33. The van der Waals surface area contributed by atoms with Gasteiger partial charge in [-0.3, -0.25) is 0 Å². The molecule has 0 aliphatic carbocycles. The molecule has 21 heavy (non-hydrogen) atoms. The Hall–Kier alpha value is -1.50. The molecule has 2 heterocycles. The summed E-state index contributed by atoms with van der Waals surface area (Å²) in [6.45, 7) is 0.498. The van der Waals surface area contributed by atoms with Gasteiger partial charge in [0.2, 0.25) is 0 Å². The number of methoxy groups -OCH3 is 1. The summed E-state index contributed by atoms with van der Waals surface area (Å²) in [5.41, 5.74) is -0.914. The molecule has 1 saturated heterocycles. The smallest absolute Gasteiger partial charge is 0.417 e. The van der Waals surface area contributed by atoms with Crippen LogP contribution < -0.4 is 4.90 Å². The molecule has 4 nitrogen and oxygen atoms in total. The van der Waals surface area contributed by atoms with Gasteiger partial charge in [-0.2, -0.15) is 13.2 Å². The molecule has 0 spiro atoms. The van der Waals surface area contributed by atoms with Crippen LogP contribution in [0.4, 0.5) is 19.0 Å². The number of pyridine rings is 1. The standard InChI is InChI=1S/C13H14ClF3N2O2/c1-21-12(20)10-4-2-3-5-19(10)11-9(14)6-8(7-18-11)13(15,16)17/h6-7,10H,2-5H2,1H3. The number of hydrogen-bond acceptors (Lipinski definition) is 4. The SMILES string of the molecule is COC(=O)C1CCCCN1c1ncc(C(F)(F)F)cc1Cl.